The van der Waals surface area contributed by atoms with Crippen LogP contribution in [0.4, 0.5) is 5.82 Å². The van der Waals surface area contributed by atoms with Gasteiger partial charge in [-0.1, -0.05) is 31.0 Å². The van der Waals surface area contributed by atoms with Gasteiger partial charge in [-0.3, -0.25) is 4.79 Å². The van der Waals surface area contributed by atoms with E-state index in [4.69, 9.17) is 9.47 Å². The minimum absolute atomic E-state index is 0.266. The summed E-state index contributed by atoms with van der Waals surface area (Å²) in [6.07, 6.45) is 7.16. The van der Waals surface area contributed by atoms with Crippen LogP contribution in [0.5, 0.6) is 5.75 Å². The zero-order valence-electron chi connectivity index (χ0n) is 18.8. The minimum atomic E-state index is -0.634. The Morgan fingerprint density at radius 3 is 2.66 bits per heavy atom. The second-order valence-electron chi connectivity index (χ2n) is 7.81. The van der Waals surface area contributed by atoms with E-state index in [0.717, 1.165) is 42.5 Å². The van der Waals surface area contributed by atoms with Gasteiger partial charge in [-0.25, -0.2) is 4.79 Å². The Labute approximate surface area is 188 Å². The Morgan fingerprint density at radius 2 is 1.97 bits per heavy atom. The monoisotopic (exact) mass is 435 g/mol. The Kier molecular flexibility index (Phi) is 7.72. The Balaban J connectivity index is 1.65. The van der Waals surface area contributed by atoms with Crippen LogP contribution in [0, 0.1) is 25.2 Å². The van der Waals surface area contributed by atoms with Crippen LogP contribution in [0.25, 0.3) is 6.08 Å². The summed E-state index contributed by atoms with van der Waals surface area (Å²) in [5.74, 6) is 0.0519. The van der Waals surface area contributed by atoms with E-state index in [1.54, 1.807) is 6.08 Å². The number of hydrogen-bond acceptors (Lipinski definition) is 5. The maximum Gasteiger partial charge on any atom is 0.331 e. The predicted octanol–water partition coefficient (Wildman–Crippen LogP) is 4.69. The molecule has 1 N–H and O–H groups in total. The van der Waals surface area contributed by atoms with Crippen molar-refractivity contribution in [1.82, 2.24) is 4.57 Å². The zero-order chi connectivity index (χ0) is 23.1. The molecule has 1 aliphatic carbocycles. The van der Waals surface area contributed by atoms with Crippen LogP contribution >= 0.6 is 0 Å². The van der Waals surface area contributed by atoms with E-state index < -0.39 is 18.5 Å². The van der Waals surface area contributed by atoms with E-state index >= 15 is 0 Å². The molecule has 0 unspecified atom stereocenters. The van der Waals surface area contributed by atoms with Gasteiger partial charge in [-0.2, -0.15) is 5.26 Å². The molecular formula is C25H29N3O4. The Morgan fingerprint density at radius 1 is 1.25 bits per heavy atom. The van der Waals surface area contributed by atoms with Gasteiger partial charge in [-0.05, 0) is 51.3 Å². The predicted molar refractivity (Wildman–Crippen MR) is 122 cm³/mol. The fourth-order valence-electron chi connectivity index (χ4n) is 4.12. The number of esters is 1. The third-order valence-corrected chi connectivity index (χ3v) is 5.78. The Hall–Kier alpha value is -3.53. The molecule has 1 fully saturated rings. The molecule has 32 heavy (non-hydrogen) atoms. The van der Waals surface area contributed by atoms with Gasteiger partial charge in [-0.15, -0.1) is 0 Å². The Bertz CT molecular complexity index is 1060. The normalized spacial score (nSPS) is 13.8. The van der Waals surface area contributed by atoms with E-state index in [-0.39, 0.29) is 6.04 Å². The summed E-state index contributed by atoms with van der Waals surface area (Å²) in [7, 11) is 0. The first kappa shape index (κ1) is 23.1. The van der Waals surface area contributed by atoms with Crippen LogP contribution < -0.4 is 10.1 Å². The lowest BCUT2D eigenvalue weighted by Crippen LogP contribution is -2.23. The number of benzene rings is 1. The molecule has 1 aliphatic rings. The van der Waals surface area contributed by atoms with Crippen molar-refractivity contribution in [2.75, 3.05) is 18.5 Å². The van der Waals surface area contributed by atoms with Crippen LogP contribution in [-0.2, 0) is 14.3 Å². The molecule has 1 aromatic carbocycles. The quantitative estimate of drug-likeness (QED) is 0.480. The van der Waals surface area contributed by atoms with Gasteiger partial charge in [0.1, 0.15) is 17.6 Å². The third-order valence-electron chi connectivity index (χ3n) is 5.78. The maximum atomic E-state index is 12.5. The highest BCUT2D eigenvalue weighted by Gasteiger charge is 2.26. The number of anilines is 1. The largest absolute Gasteiger partial charge is 0.493 e. The number of hydrogen-bond donors (Lipinski definition) is 1. The van der Waals surface area contributed by atoms with Crippen molar-refractivity contribution in [2.45, 2.75) is 52.5 Å². The summed E-state index contributed by atoms with van der Waals surface area (Å²) < 4.78 is 12.7. The number of amides is 1. The van der Waals surface area contributed by atoms with E-state index in [1.165, 1.54) is 6.08 Å². The van der Waals surface area contributed by atoms with Crippen molar-refractivity contribution in [2.24, 2.45) is 0 Å². The number of aromatic nitrogens is 1. The summed E-state index contributed by atoms with van der Waals surface area (Å²) in [4.78, 5) is 24.6. The lowest BCUT2D eigenvalue weighted by molar-refractivity contribution is -0.142. The number of ether oxygens (including phenoxy) is 2. The lowest BCUT2D eigenvalue weighted by Gasteiger charge is -2.19. The van der Waals surface area contributed by atoms with Crippen molar-refractivity contribution in [3.8, 4) is 11.8 Å². The van der Waals surface area contributed by atoms with Crippen LogP contribution in [0.3, 0.4) is 0 Å². The molecule has 0 atom stereocenters. The SMILES string of the molecule is CCOc1ccccc1/C=C/C(=O)OCC(=O)Nc1c(C#N)c(C)c(C)n1C1CCCC1. The summed E-state index contributed by atoms with van der Waals surface area (Å²) >= 11 is 0. The van der Waals surface area contributed by atoms with Crippen molar-refractivity contribution in [3.05, 3.63) is 52.7 Å². The highest BCUT2D eigenvalue weighted by atomic mass is 16.5. The second-order valence-corrected chi connectivity index (χ2v) is 7.81. The van der Waals surface area contributed by atoms with Crippen LogP contribution in [0.15, 0.2) is 30.3 Å². The number of nitriles is 1. The molecule has 0 saturated heterocycles. The van der Waals surface area contributed by atoms with Crippen LogP contribution in [0.1, 0.15) is 61.0 Å². The number of nitrogens with zero attached hydrogens (tertiary/aromatic N) is 2. The van der Waals surface area contributed by atoms with Gasteiger partial charge in [0.15, 0.2) is 6.61 Å². The summed E-state index contributed by atoms with van der Waals surface area (Å²) in [5, 5.41) is 12.4. The second kappa shape index (κ2) is 10.7. The van der Waals surface area contributed by atoms with Gasteiger partial charge < -0.3 is 19.4 Å². The lowest BCUT2D eigenvalue weighted by atomic mass is 10.2. The van der Waals surface area contributed by atoms with E-state index in [9.17, 15) is 14.9 Å². The number of carbonyl (C=O) groups excluding carboxylic acids is 2. The van der Waals surface area contributed by atoms with E-state index in [1.807, 2.05) is 45.0 Å². The molecule has 168 valence electrons. The summed E-state index contributed by atoms with van der Waals surface area (Å²) in [6, 6.07) is 9.81. The molecule has 1 heterocycles. The number of nitrogens with one attached hydrogen (secondary N) is 1. The van der Waals surface area contributed by atoms with Crippen molar-refractivity contribution >= 4 is 23.8 Å². The zero-order valence-corrected chi connectivity index (χ0v) is 18.8. The summed E-state index contributed by atoms with van der Waals surface area (Å²) in [5.41, 5.74) is 3.05. The smallest absolute Gasteiger partial charge is 0.331 e. The molecule has 0 aliphatic heterocycles. The van der Waals surface area contributed by atoms with Crippen molar-refractivity contribution in [1.29, 1.82) is 5.26 Å². The topological polar surface area (TPSA) is 93.3 Å². The van der Waals surface area contributed by atoms with Crippen molar-refractivity contribution in [3.63, 3.8) is 0 Å². The minimum Gasteiger partial charge on any atom is -0.493 e. The van der Waals surface area contributed by atoms with E-state index in [2.05, 4.69) is 16.0 Å². The molecule has 1 amide bonds. The van der Waals surface area contributed by atoms with Crippen molar-refractivity contribution < 1.29 is 19.1 Å². The number of para-hydroxylation sites is 1. The first-order chi connectivity index (χ1) is 15.5. The van der Waals surface area contributed by atoms with Crippen LogP contribution in [0.2, 0.25) is 0 Å². The highest BCUT2D eigenvalue weighted by Crippen LogP contribution is 2.37. The van der Waals surface area contributed by atoms with E-state index in [0.29, 0.717) is 23.7 Å². The molecule has 1 aromatic heterocycles. The average molecular weight is 436 g/mol. The molecular weight excluding hydrogens is 406 g/mol. The number of carbonyl (C=O) groups is 2. The van der Waals surface area contributed by atoms with Gasteiger partial charge in [0.25, 0.3) is 5.91 Å². The average Bonchev–Trinajstić information content (AvgIpc) is 3.39. The highest BCUT2D eigenvalue weighted by molar-refractivity contribution is 5.95. The molecule has 1 saturated carbocycles. The molecule has 7 heteroatoms. The first-order valence-corrected chi connectivity index (χ1v) is 10.9. The maximum absolute atomic E-state index is 12.5. The number of rotatable bonds is 8. The first-order valence-electron chi connectivity index (χ1n) is 10.9. The van der Waals surface area contributed by atoms with Gasteiger partial charge in [0.05, 0.1) is 12.2 Å². The third kappa shape index (κ3) is 5.20. The molecule has 0 spiro atoms. The standard InChI is InChI=1S/C25H29N3O4/c1-4-31-22-12-8-5-9-19(22)13-14-24(30)32-16-23(29)27-25-21(15-26)17(2)18(3)28(25)20-10-6-7-11-20/h5,8-9,12-14,20H,4,6-7,10-11,16H2,1-3H3,(H,27,29)/b14-13+. The van der Waals surface area contributed by atoms with Gasteiger partial charge >= 0.3 is 5.97 Å². The molecule has 0 radical (unpaired) electrons. The van der Waals surface area contributed by atoms with Crippen LogP contribution in [-0.4, -0.2) is 29.7 Å². The molecule has 0 bridgehead atoms. The molecule has 2 aromatic rings. The van der Waals surface area contributed by atoms with Gasteiger partial charge in [0, 0.05) is 23.4 Å². The molecule has 3 rings (SSSR count). The fourth-order valence-corrected chi connectivity index (χ4v) is 4.12. The van der Waals surface area contributed by atoms with Gasteiger partial charge in [0.2, 0.25) is 0 Å². The summed E-state index contributed by atoms with van der Waals surface area (Å²) in [6.45, 7) is 5.82. The molecule has 7 nitrogen and oxygen atoms in total. The fraction of sp³-hybridized carbons (Fsp3) is 0.400.